The van der Waals surface area contributed by atoms with Crippen LogP contribution >= 0.6 is 0 Å². The number of carbonyl (C=O) groups excluding carboxylic acids is 1. The third-order valence-electron chi connectivity index (χ3n) is 2.05. The van der Waals surface area contributed by atoms with Gasteiger partial charge < -0.3 is 16.4 Å². The molecule has 0 saturated heterocycles. The summed E-state index contributed by atoms with van der Waals surface area (Å²) in [6.07, 6.45) is 1.79. The third kappa shape index (κ3) is 4.67. The van der Waals surface area contributed by atoms with Crippen molar-refractivity contribution in [2.24, 2.45) is 5.73 Å². The van der Waals surface area contributed by atoms with Crippen LogP contribution in [0.3, 0.4) is 0 Å². The number of carbonyl (C=O) groups is 1. The number of aryl methyl sites for hydroxylation is 1. The summed E-state index contributed by atoms with van der Waals surface area (Å²) in [6, 6.07) is 1.77. The highest BCUT2D eigenvalue weighted by atomic mass is 16.1. The molecule has 1 heterocycles. The highest BCUT2D eigenvalue weighted by Crippen LogP contribution is 2.12. The Kier molecular flexibility index (Phi) is 5.19. The van der Waals surface area contributed by atoms with Crippen LogP contribution in [-0.2, 0) is 11.2 Å². The molecule has 0 bridgehead atoms. The topological polar surface area (TPSA) is 92.9 Å². The zero-order valence-corrected chi connectivity index (χ0v) is 10.3. The Morgan fingerprint density at radius 1 is 1.29 bits per heavy atom. The minimum Gasteiger partial charge on any atom is -0.370 e. The Labute approximate surface area is 101 Å². The van der Waals surface area contributed by atoms with Crippen molar-refractivity contribution in [3.63, 3.8) is 0 Å². The molecule has 0 radical (unpaired) electrons. The van der Waals surface area contributed by atoms with Gasteiger partial charge >= 0.3 is 0 Å². The monoisotopic (exact) mass is 237 g/mol. The molecule has 0 aromatic carbocycles. The molecule has 0 aliphatic heterocycles. The van der Waals surface area contributed by atoms with Crippen molar-refractivity contribution in [3.05, 3.63) is 11.9 Å². The Bertz CT molecular complexity index is 356. The minimum atomic E-state index is -0.411. The van der Waals surface area contributed by atoms with E-state index in [-0.39, 0.29) is 6.54 Å². The first-order valence-electron chi connectivity index (χ1n) is 5.79. The van der Waals surface area contributed by atoms with Crippen molar-refractivity contribution in [1.29, 1.82) is 0 Å². The average Bonchev–Trinajstić information content (AvgIpc) is 2.27. The second-order valence-electron chi connectivity index (χ2n) is 3.65. The van der Waals surface area contributed by atoms with Crippen molar-refractivity contribution in [1.82, 2.24) is 9.97 Å². The van der Waals surface area contributed by atoms with Gasteiger partial charge in [-0.1, -0.05) is 6.92 Å². The van der Waals surface area contributed by atoms with Gasteiger partial charge in [0.05, 0.1) is 6.54 Å². The number of primary amides is 1. The van der Waals surface area contributed by atoms with E-state index in [1.807, 2.05) is 6.92 Å². The molecule has 0 atom stereocenters. The highest BCUT2D eigenvalue weighted by Gasteiger charge is 2.04. The smallest absolute Gasteiger partial charge is 0.236 e. The molecule has 0 aliphatic carbocycles. The lowest BCUT2D eigenvalue weighted by atomic mass is 10.3. The Balaban J connectivity index is 2.82. The second kappa shape index (κ2) is 6.67. The molecule has 1 amide bonds. The maximum Gasteiger partial charge on any atom is 0.236 e. The van der Waals surface area contributed by atoms with Crippen LogP contribution in [0.5, 0.6) is 0 Å². The van der Waals surface area contributed by atoms with Crippen LogP contribution < -0.4 is 16.4 Å². The quantitative estimate of drug-likeness (QED) is 0.651. The molecular weight excluding hydrogens is 218 g/mol. The molecule has 0 fully saturated rings. The standard InChI is InChI=1S/C11H19N5O/c1-3-5-9-15-10(13-4-2)6-11(16-9)14-7-8(12)17/h6H,3-5,7H2,1-2H3,(H2,12,17)(H2,13,14,15,16). The Hall–Kier alpha value is -1.85. The van der Waals surface area contributed by atoms with Crippen molar-refractivity contribution >= 4 is 17.5 Å². The molecule has 0 unspecified atom stereocenters. The lowest BCUT2D eigenvalue weighted by molar-refractivity contribution is -0.116. The first kappa shape index (κ1) is 13.2. The number of nitrogens with zero attached hydrogens (tertiary/aromatic N) is 2. The highest BCUT2D eigenvalue weighted by molar-refractivity contribution is 5.78. The largest absolute Gasteiger partial charge is 0.370 e. The molecule has 6 nitrogen and oxygen atoms in total. The number of anilines is 2. The molecule has 1 aromatic heterocycles. The first-order valence-corrected chi connectivity index (χ1v) is 5.79. The summed E-state index contributed by atoms with van der Waals surface area (Å²) in [7, 11) is 0. The molecular formula is C11H19N5O. The lowest BCUT2D eigenvalue weighted by Gasteiger charge is -2.09. The summed E-state index contributed by atoms with van der Waals surface area (Å²) in [5, 5.41) is 6.00. The number of hydrogen-bond acceptors (Lipinski definition) is 5. The van der Waals surface area contributed by atoms with Crippen LogP contribution in [0.15, 0.2) is 6.07 Å². The van der Waals surface area contributed by atoms with Gasteiger partial charge in [-0.3, -0.25) is 4.79 Å². The van der Waals surface area contributed by atoms with Crippen molar-refractivity contribution in [2.75, 3.05) is 23.7 Å². The molecule has 4 N–H and O–H groups in total. The molecule has 0 spiro atoms. The van der Waals surface area contributed by atoms with Gasteiger partial charge in [0.2, 0.25) is 5.91 Å². The van der Waals surface area contributed by atoms with Crippen LogP contribution in [0.25, 0.3) is 0 Å². The van der Waals surface area contributed by atoms with E-state index < -0.39 is 5.91 Å². The molecule has 17 heavy (non-hydrogen) atoms. The van der Waals surface area contributed by atoms with Crippen LogP contribution in [0.1, 0.15) is 26.1 Å². The van der Waals surface area contributed by atoms with E-state index in [9.17, 15) is 4.79 Å². The van der Waals surface area contributed by atoms with E-state index in [2.05, 4.69) is 27.5 Å². The zero-order chi connectivity index (χ0) is 12.7. The van der Waals surface area contributed by atoms with Crippen LogP contribution in [0.4, 0.5) is 11.6 Å². The van der Waals surface area contributed by atoms with Gasteiger partial charge in [0, 0.05) is 19.0 Å². The number of nitrogens with one attached hydrogen (secondary N) is 2. The number of hydrogen-bond donors (Lipinski definition) is 3. The number of aromatic nitrogens is 2. The molecule has 0 saturated carbocycles. The van der Waals surface area contributed by atoms with E-state index in [1.54, 1.807) is 6.07 Å². The number of amides is 1. The fraction of sp³-hybridized carbons (Fsp3) is 0.545. The minimum absolute atomic E-state index is 0.0775. The summed E-state index contributed by atoms with van der Waals surface area (Å²) in [5.74, 6) is 1.74. The predicted molar refractivity (Wildman–Crippen MR) is 67.9 cm³/mol. The predicted octanol–water partition coefficient (Wildman–Crippen LogP) is 0.758. The van der Waals surface area contributed by atoms with Gasteiger partial charge in [-0.15, -0.1) is 0 Å². The summed E-state index contributed by atoms with van der Waals surface area (Å²) in [4.78, 5) is 19.4. The molecule has 94 valence electrons. The summed E-state index contributed by atoms with van der Waals surface area (Å²) < 4.78 is 0. The van der Waals surface area contributed by atoms with E-state index in [0.717, 1.165) is 31.0 Å². The fourth-order valence-electron chi connectivity index (χ4n) is 1.37. The van der Waals surface area contributed by atoms with E-state index in [1.165, 1.54) is 0 Å². The number of nitrogens with two attached hydrogens (primary N) is 1. The van der Waals surface area contributed by atoms with Gasteiger partial charge in [0.25, 0.3) is 0 Å². The third-order valence-corrected chi connectivity index (χ3v) is 2.05. The maximum absolute atomic E-state index is 10.7. The van der Waals surface area contributed by atoms with Gasteiger partial charge in [-0.05, 0) is 13.3 Å². The van der Waals surface area contributed by atoms with Crippen molar-refractivity contribution in [3.8, 4) is 0 Å². The summed E-state index contributed by atoms with van der Waals surface area (Å²) in [6.45, 7) is 4.93. The zero-order valence-electron chi connectivity index (χ0n) is 10.3. The molecule has 1 rings (SSSR count). The second-order valence-corrected chi connectivity index (χ2v) is 3.65. The first-order chi connectivity index (χ1) is 8.15. The molecule has 6 heteroatoms. The molecule has 1 aromatic rings. The number of rotatable bonds is 7. The maximum atomic E-state index is 10.7. The van der Waals surface area contributed by atoms with E-state index >= 15 is 0 Å². The van der Waals surface area contributed by atoms with Crippen LogP contribution in [0.2, 0.25) is 0 Å². The Morgan fingerprint density at radius 2 is 1.94 bits per heavy atom. The fourth-order valence-corrected chi connectivity index (χ4v) is 1.37. The van der Waals surface area contributed by atoms with Crippen LogP contribution in [0, 0.1) is 0 Å². The van der Waals surface area contributed by atoms with Crippen molar-refractivity contribution < 1.29 is 4.79 Å². The lowest BCUT2D eigenvalue weighted by Crippen LogP contribution is -2.22. The van der Waals surface area contributed by atoms with Crippen LogP contribution in [-0.4, -0.2) is 29.0 Å². The van der Waals surface area contributed by atoms with E-state index in [0.29, 0.717) is 5.82 Å². The van der Waals surface area contributed by atoms with Gasteiger partial charge in [-0.25, -0.2) is 9.97 Å². The SMILES string of the molecule is CCCc1nc(NCC)cc(NCC(N)=O)n1. The van der Waals surface area contributed by atoms with E-state index in [4.69, 9.17) is 5.73 Å². The van der Waals surface area contributed by atoms with Gasteiger partial charge in [-0.2, -0.15) is 0 Å². The van der Waals surface area contributed by atoms with Gasteiger partial charge in [0.15, 0.2) is 0 Å². The summed E-state index contributed by atoms with van der Waals surface area (Å²) in [5.41, 5.74) is 5.07. The summed E-state index contributed by atoms with van der Waals surface area (Å²) >= 11 is 0. The average molecular weight is 237 g/mol. The van der Waals surface area contributed by atoms with Crippen molar-refractivity contribution in [2.45, 2.75) is 26.7 Å². The van der Waals surface area contributed by atoms with Gasteiger partial charge in [0.1, 0.15) is 17.5 Å². The molecule has 0 aliphatic rings. The Morgan fingerprint density at radius 3 is 2.47 bits per heavy atom. The normalized spacial score (nSPS) is 10.0.